The first-order chi connectivity index (χ1) is 12.3. The zero-order chi connectivity index (χ0) is 18.9. The molecule has 1 heterocycles. The number of aryl methyl sites for hydroxylation is 2. The van der Waals surface area contributed by atoms with Crippen LogP contribution in [-0.4, -0.2) is 27.4 Å². The van der Waals surface area contributed by atoms with Crippen LogP contribution in [0.5, 0.6) is 5.75 Å². The van der Waals surface area contributed by atoms with Crippen LogP contribution in [0.15, 0.2) is 42.5 Å². The van der Waals surface area contributed by atoms with Gasteiger partial charge in [0.15, 0.2) is 0 Å². The highest BCUT2D eigenvalue weighted by Crippen LogP contribution is 2.31. The summed E-state index contributed by atoms with van der Waals surface area (Å²) >= 11 is 0. The monoisotopic (exact) mass is 364 g/mol. The molecule has 1 aromatic heterocycles. The van der Waals surface area contributed by atoms with Crippen LogP contribution in [0.1, 0.15) is 17.0 Å². The van der Waals surface area contributed by atoms with Crippen molar-refractivity contribution in [2.45, 2.75) is 32.7 Å². The maximum atomic E-state index is 13.3. The highest BCUT2D eigenvalue weighted by Gasteiger charge is 2.37. The molecule has 0 aliphatic carbocycles. The van der Waals surface area contributed by atoms with Crippen molar-refractivity contribution in [2.24, 2.45) is 0 Å². The Labute approximate surface area is 148 Å². The van der Waals surface area contributed by atoms with Crippen molar-refractivity contribution in [3.63, 3.8) is 0 Å². The van der Waals surface area contributed by atoms with Gasteiger partial charge in [0.05, 0.1) is 17.6 Å². The molecule has 0 aliphatic heterocycles. The second-order valence-electron chi connectivity index (χ2n) is 6.27. The Morgan fingerprint density at radius 2 is 1.88 bits per heavy atom. The maximum Gasteiger partial charge on any atom is 0.449 e. The molecule has 3 aromatic rings. The number of rotatable bonds is 5. The number of hydrogen-bond acceptors (Lipinski definition) is 3. The van der Waals surface area contributed by atoms with Gasteiger partial charge in [-0.25, -0.2) is 4.98 Å². The SMILES string of the molecule is Cc1ccc(C)c(OCC(O)Cn2c(C(F)(F)F)nc3ccccc32)c1. The molecule has 0 saturated carbocycles. The number of aliphatic hydroxyl groups excluding tert-OH is 1. The number of nitrogens with zero attached hydrogens (tertiary/aromatic N) is 2. The zero-order valence-electron chi connectivity index (χ0n) is 14.4. The molecule has 0 radical (unpaired) electrons. The minimum atomic E-state index is -4.60. The second-order valence-corrected chi connectivity index (χ2v) is 6.27. The number of imidazole rings is 1. The summed E-state index contributed by atoms with van der Waals surface area (Å²) in [6.07, 6.45) is -5.72. The molecule has 0 bridgehead atoms. The van der Waals surface area contributed by atoms with Crippen LogP contribution in [-0.2, 0) is 12.7 Å². The van der Waals surface area contributed by atoms with Crippen LogP contribution in [0.25, 0.3) is 11.0 Å². The summed E-state index contributed by atoms with van der Waals surface area (Å²) in [5, 5.41) is 10.3. The van der Waals surface area contributed by atoms with E-state index in [4.69, 9.17) is 4.74 Å². The Bertz CT molecular complexity index is 919. The highest BCUT2D eigenvalue weighted by atomic mass is 19.4. The molecule has 7 heteroatoms. The average Bonchev–Trinajstić information content (AvgIpc) is 2.95. The van der Waals surface area contributed by atoms with Gasteiger partial charge in [-0.1, -0.05) is 24.3 Å². The number of aliphatic hydroxyl groups is 1. The topological polar surface area (TPSA) is 47.3 Å². The molecular weight excluding hydrogens is 345 g/mol. The summed E-state index contributed by atoms with van der Waals surface area (Å²) < 4.78 is 46.5. The highest BCUT2D eigenvalue weighted by molar-refractivity contribution is 5.76. The van der Waals surface area contributed by atoms with E-state index in [1.54, 1.807) is 18.2 Å². The summed E-state index contributed by atoms with van der Waals surface area (Å²) in [6.45, 7) is 3.40. The fraction of sp³-hybridized carbons (Fsp3) is 0.316. The molecule has 1 N–H and O–H groups in total. The number of ether oxygens (including phenoxy) is 1. The standard InChI is InChI=1S/C19H19F3N2O2/c1-12-7-8-13(2)17(9-12)26-11-14(25)10-24-16-6-4-3-5-15(16)23-18(24)19(20,21)22/h3-9,14,25H,10-11H2,1-2H3. The third kappa shape index (κ3) is 3.83. The van der Waals surface area contributed by atoms with Crippen molar-refractivity contribution in [1.82, 2.24) is 9.55 Å². The van der Waals surface area contributed by atoms with Gasteiger partial charge in [-0.15, -0.1) is 0 Å². The predicted molar refractivity (Wildman–Crippen MR) is 92.2 cm³/mol. The van der Waals surface area contributed by atoms with E-state index < -0.39 is 18.1 Å². The molecule has 2 aromatic carbocycles. The first-order valence-electron chi connectivity index (χ1n) is 8.16. The normalized spacial score (nSPS) is 13.2. The Kier molecular flexibility index (Phi) is 4.91. The van der Waals surface area contributed by atoms with Crippen LogP contribution >= 0.6 is 0 Å². The minimum absolute atomic E-state index is 0.117. The molecular formula is C19H19F3N2O2. The Morgan fingerprint density at radius 1 is 1.15 bits per heavy atom. The first-order valence-corrected chi connectivity index (χ1v) is 8.16. The van der Waals surface area contributed by atoms with Crippen molar-refractivity contribution in [3.05, 3.63) is 59.4 Å². The van der Waals surface area contributed by atoms with Crippen LogP contribution in [0.4, 0.5) is 13.2 Å². The van der Waals surface area contributed by atoms with Crippen LogP contribution in [0.2, 0.25) is 0 Å². The molecule has 0 spiro atoms. The molecule has 0 amide bonds. The molecule has 3 rings (SSSR count). The van der Waals surface area contributed by atoms with Crippen LogP contribution in [0.3, 0.4) is 0 Å². The fourth-order valence-corrected chi connectivity index (χ4v) is 2.79. The fourth-order valence-electron chi connectivity index (χ4n) is 2.79. The summed E-state index contributed by atoms with van der Waals surface area (Å²) in [4.78, 5) is 3.67. The summed E-state index contributed by atoms with van der Waals surface area (Å²) in [7, 11) is 0. The molecule has 0 saturated heterocycles. The van der Waals surface area contributed by atoms with Gasteiger partial charge in [0.1, 0.15) is 18.5 Å². The van der Waals surface area contributed by atoms with Crippen molar-refractivity contribution >= 4 is 11.0 Å². The molecule has 1 atom stereocenters. The molecule has 4 nitrogen and oxygen atoms in total. The Hall–Kier alpha value is -2.54. The van der Waals surface area contributed by atoms with Crippen molar-refractivity contribution < 1.29 is 23.0 Å². The largest absolute Gasteiger partial charge is 0.491 e. The van der Waals surface area contributed by atoms with Gasteiger partial charge in [0.2, 0.25) is 5.82 Å². The van der Waals surface area contributed by atoms with Gasteiger partial charge in [-0.2, -0.15) is 13.2 Å². The van der Waals surface area contributed by atoms with E-state index in [2.05, 4.69) is 4.98 Å². The summed E-state index contributed by atoms with van der Waals surface area (Å²) in [5.41, 5.74) is 2.46. The molecule has 0 aliphatic rings. The van der Waals surface area contributed by atoms with Gasteiger partial charge < -0.3 is 14.4 Å². The van der Waals surface area contributed by atoms with Crippen molar-refractivity contribution in [3.8, 4) is 5.75 Å². The third-order valence-electron chi connectivity index (χ3n) is 4.08. The maximum absolute atomic E-state index is 13.3. The predicted octanol–water partition coefficient (Wildman–Crippen LogP) is 4.11. The smallest absolute Gasteiger partial charge is 0.449 e. The summed E-state index contributed by atoms with van der Waals surface area (Å²) in [5.74, 6) is -0.417. The van der Waals surface area contributed by atoms with Gasteiger partial charge in [-0.05, 0) is 43.2 Å². The average molecular weight is 364 g/mol. The van der Waals surface area contributed by atoms with Crippen LogP contribution in [0, 0.1) is 13.8 Å². The number of para-hydroxylation sites is 2. The van der Waals surface area contributed by atoms with E-state index in [9.17, 15) is 18.3 Å². The van der Waals surface area contributed by atoms with Crippen molar-refractivity contribution in [2.75, 3.05) is 6.61 Å². The quantitative estimate of drug-likeness (QED) is 0.741. The number of aromatic nitrogens is 2. The Balaban J connectivity index is 1.81. The third-order valence-corrected chi connectivity index (χ3v) is 4.08. The number of halogens is 3. The van der Waals surface area contributed by atoms with Gasteiger partial charge in [0.25, 0.3) is 0 Å². The lowest BCUT2D eigenvalue weighted by molar-refractivity contribution is -0.147. The zero-order valence-corrected chi connectivity index (χ0v) is 14.4. The number of alkyl halides is 3. The minimum Gasteiger partial charge on any atom is -0.491 e. The van der Waals surface area contributed by atoms with Gasteiger partial charge in [-0.3, -0.25) is 0 Å². The first kappa shape index (κ1) is 18.3. The summed E-state index contributed by atoms with van der Waals surface area (Å²) in [6, 6.07) is 12.0. The number of benzene rings is 2. The van der Waals surface area contributed by atoms with Gasteiger partial charge >= 0.3 is 6.18 Å². The molecule has 26 heavy (non-hydrogen) atoms. The van der Waals surface area contributed by atoms with Crippen molar-refractivity contribution in [1.29, 1.82) is 0 Å². The lowest BCUT2D eigenvalue weighted by atomic mass is 10.1. The molecule has 0 fully saturated rings. The van der Waals surface area contributed by atoms with Crippen LogP contribution < -0.4 is 4.74 Å². The second kappa shape index (κ2) is 6.99. The van der Waals surface area contributed by atoms with E-state index >= 15 is 0 Å². The number of fused-ring (bicyclic) bond motifs is 1. The lowest BCUT2D eigenvalue weighted by Gasteiger charge is -2.17. The van der Waals surface area contributed by atoms with E-state index in [0.717, 1.165) is 15.7 Å². The van der Waals surface area contributed by atoms with E-state index in [-0.39, 0.29) is 18.7 Å². The van der Waals surface area contributed by atoms with E-state index in [1.165, 1.54) is 6.07 Å². The lowest BCUT2D eigenvalue weighted by Crippen LogP contribution is -2.26. The molecule has 138 valence electrons. The van der Waals surface area contributed by atoms with E-state index in [0.29, 0.717) is 11.3 Å². The number of hydrogen-bond donors (Lipinski definition) is 1. The Morgan fingerprint density at radius 3 is 2.62 bits per heavy atom. The molecule has 1 unspecified atom stereocenters. The van der Waals surface area contributed by atoms with Gasteiger partial charge in [0, 0.05) is 0 Å². The van der Waals surface area contributed by atoms with E-state index in [1.807, 2.05) is 32.0 Å².